The van der Waals surface area contributed by atoms with Crippen LogP contribution in [-0.4, -0.2) is 71.3 Å². The fourth-order valence-corrected chi connectivity index (χ4v) is 5.72. The summed E-state index contributed by atoms with van der Waals surface area (Å²) in [5, 5.41) is 0.867. The molecule has 1 aliphatic carbocycles. The number of piperazine rings is 1. The molecule has 0 spiro atoms. The summed E-state index contributed by atoms with van der Waals surface area (Å²) in [5.74, 6) is 0.338. The lowest BCUT2D eigenvalue weighted by Gasteiger charge is -2.33. The van der Waals surface area contributed by atoms with Gasteiger partial charge in [0, 0.05) is 37.6 Å². The zero-order valence-corrected chi connectivity index (χ0v) is 18.2. The number of aromatic nitrogens is 2. The number of aryl methyl sites for hydroxylation is 1. The molecule has 0 unspecified atom stereocenters. The monoisotopic (exact) mass is 434 g/mol. The highest BCUT2D eigenvalue weighted by Gasteiger charge is 2.27. The molecule has 1 saturated heterocycles. The summed E-state index contributed by atoms with van der Waals surface area (Å²) < 4.78 is 26.9. The molecule has 1 amide bonds. The van der Waals surface area contributed by atoms with Gasteiger partial charge in [-0.25, -0.2) is 13.4 Å². The van der Waals surface area contributed by atoms with Gasteiger partial charge in [-0.2, -0.15) is 4.31 Å². The van der Waals surface area contributed by atoms with Crippen molar-refractivity contribution in [3.05, 3.63) is 41.7 Å². The van der Waals surface area contributed by atoms with Gasteiger partial charge in [0.15, 0.2) is 5.16 Å². The topological polar surface area (TPSA) is 75.5 Å². The molecule has 29 heavy (non-hydrogen) atoms. The van der Waals surface area contributed by atoms with Crippen molar-refractivity contribution in [3.63, 3.8) is 0 Å². The fraction of sp³-hybridized carbons (Fsp3) is 0.500. The first-order chi connectivity index (χ1) is 13.9. The normalized spacial score (nSPS) is 17.9. The summed E-state index contributed by atoms with van der Waals surface area (Å²) in [6.45, 7) is 1.61. The molecule has 0 bridgehead atoms. The van der Waals surface area contributed by atoms with Gasteiger partial charge in [0.25, 0.3) is 0 Å². The molecule has 4 rings (SSSR count). The van der Waals surface area contributed by atoms with Gasteiger partial charge in [-0.15, -0.1) is 0 Å². The summed E-state index contributed by atoms with van der Waals surface area (Å²) in [7, 11) is -3.19. The number of thioether (sulfide) groups is 1. The number of amides is 1. The molecule has 2 aliphatic rings. The van der Waals surface area contributed by atoms with E-state index in [0.29, 0.717) is 31.9 Å². The van der Waals surface area contributed by atoms with E-state index in [9.17, 15) is 13.2 Å². The number of para-hydroxylation sites is 1. The van der Waals surface area contributed by atoms with Gasteiger partial charge in [0.05, 0.1) is 17.7 Å². The Labute approximate surface area is 176 Å². The van der Waals surface area contributed by atoms with Gasteiger partial charge >= 0.3 is 0 Å². The number of rotatable bonds is 5. The van der Waals surface area contributed by atoms with Crippen molar-refractivity contribution in [2.45, 2.75) is 30.8 Å². The van der Waals surface area contributed by atoms with Crippen LogP contribution < -0.4 is 0 Å². The number of nitrogens with zero attached hydrogens (tertiary/aromatic N) is 4. The summed E-state index contributed by atoms with van der Waals surface area (Å²) >= 11 is 1.47. The number of hydrogen-bond donors (Lipinski definition) is 0. The van der Waals surface area contributed by atoms with Crippen LogP contribution in [0.3, 0.4) is 0 Å². The highest BCUT2D eigenvalue weighted by Crippen LogP contribution is 2.30. The van der Waals surface area contributed by atoms with Gasteiger partial charge in [0.2, 0.25) is 15.9 Å². The third kappa shape index (κ3) is 4.51. The van der Waals surface area contributed by atoms with Crippen LogP contribution in [0.1, 0.15) is 24.2 Å². The van der Waals surface area contributed by atoms with Crippen molar-refractivity contribution >= 4 is 27.7 Å². The van der Waals surface area contributed by atoms with E-state index in [-0.39, 0.29) is 5.91 Å². The first-order valence-electron chi connectivity index (χ1n) is 9.95. The maximum absolute atomic E-state index is 12.7. The lowest BCUT2D eigenvalue weighted by molar-refractivity contribution is -0.129. The van der Waals surface area contributed by atoms with Gasteiger partial charge in [-0.3, -0.25) is 9.36 Å². The Morgan fingerprint density at radius 3 is 2.45 bits per heavy atom. The number of hydrogen-bond acceptors (Lipinski definition) is 5. The summed E-state index contributed by atoms with van der Waals surface area (Å²) in [6.07, 6.45) is 5.54. The Kier molecular flexibility index (Phi) is 5.98. The van der Waals surface area contributed by atoms with Crippen molar-refractivity contribution in [2.24, 2.45) is 0 Å². The fourth-order valence-electron chi connectivity index (χ4n) is 3.94. The van der Waals surface area contributed by atoms with Crippen molar-refractivity contribution in [2.75, 3.05) is 38.2 Å². The number of benzene rings is 1. The smallest absolute Gasteiger partial charge is 0.233 e. The number of imidazole rings is 1. The number of carbonyl (C=O) groups excluding carboxylic acids is 1. The van der Waals surface area contributed by atoms with Crippen LogP contribution in [0, 0.1) is 0 Å². The average molecular weight is 435 g/mol. The molecule has 0 radical (unpaired) electrons. The molecule has 0 saturated carbocycles. The highest BCUT2D eigenvalue weighted by molar-refractivity contribution is 7.99. The van der Waals surface area contributed by atoms with E-state index in [0.717, 1.165) is 35.8 Å². The third-order valence-electron chi connectivity index (χ3n) is 5.50. The van der Waals surface area contributed by atoms with Gasteiger partial charge in [-0.05, 0) is 37.8 Å². The second-order valence-corrected chi connectivity index (χ2v) is 10.4. The Morgan fingerprint density at radius 2 is 1.76 bits per heavy atom. The van der Waals surface area contributed by atoms with Crippen LogP contribution in [0.5, 0.6) is 0 Å². The molecule has 2 heterocycles. The third-order valence-corrected chi connectivity index (χ3v) is 7.73. The predicted octanol–water partition coefficient (Wildman–Crippen LogP) is 1.95. The standard InChI is InChI=1S/C20H26N4O3S2/c1-29(26,27)23-13-11-22(12-14-23)19(25)15-28-20-21-17-9-5-6-10-18(17)24(20)16-7-3-2-4-8-16/h2-4,7-8H,5-6,9-15H2,1H3. The van der Waals surface area contributed by atoms with Crippen LogP contribution in [0.4, 0.5) is 0 Å². The zero-order valence-electron chi connectivity index (χ0n) is 16.6. The Balaban J connectivity index is 1.46. The lowest BCUT2D eigenvalue weighted by Crippen LogP contribution is -2.50. The molecule has 156 valence electrons. The first kappa shape index (κ1) is 20.4. The maximum Gasteiger partial charge on any atom is 0.233 e. The largest absolute Gasteiger partial charge is 0.339 e. The van der Waals surface area contributed by atoms with Crippen LogP contribution in [-0.2, 0) is 27.7 Å². The van der Waals surface area contributed by atoms with Crippen molar-refractivity contribution in [3.8, 4) is 5.69 Å². The van der Waals surface area contributed by atoms with Crippen molar-refractivity contribution in [1.29, 1.82) is 0 Å². The van der Waals surface area contributed by atoms with Gasteiger partial charge in [0.1, 0.15) is 0 Å². The summed E-state index contributed by atoms with van der Waals surface area (Å²) in [4.78, 5) is 19.3. The predicted molar refractivity (Wildman–Crippen MR) is 114 cm³/mol. The highest BCUT2D eigenvalue weighted by atomic mass is 32.2. The van der Waals surface area contributed by atoms with E-state index in [1.165, 1.54) is 34.4 Å². The van der Waals surface area contributed by atoms with Gasteiger partial charge < -0.3 is 4.90 Å². The molecule has 0 atom stereocenters. The van der Waals surface area contributed by atoms with Crippen molar-refractivity contribution < 1.29 is 13.2 Å². The minimum absolute atomic E-state index is 0.0312. The Morgan fingerprint density at radius 1 is 1.07 bits per heavy atom. The number of carbonyl (C=O) groups is 1. The summed E-state index contributed by atoms with van der Waals surface area (Å²) in [6, 6.07) is 10.2. The molecular formula is C20H26N4O3S2. The van der Waals surface area contributed by atoms with Crippen molar-refractivity contribution in [1.82, 2.24) is 18.8 Å². The molecule has 7 nitrogen and oxygen atoms in total. The van der Waals surface area contributed by atoms with E-state index >= 15 is 0 Å². The van der Waals surface area contributed by atoms with E-state index in [2.05, 4.69) is 16.7 Å². The van der Waals surface area contributed by atoms with Gasteiger partial charge in [-0.1, -0.05) is 30.0 Å². The van der Waals surface area contributed by atoms with Crippen LogP contribution in [0.2, 0.25) is 0 Å². The molecule has 0 N–H and O–H groups in total. The second kappa shape index (κ2) is 8.49. The number of sulfonamides is 1. The number of fused-ring (bicyclic) bond motifs is 1. The quantitative estimate of drug-likeness (QED) is 0.673. The Bertz CT molecular complexity index is 981. The molecule has 2 aromatic rings. The minimum Gasteiger partial charge on any atom is -0.339 e. The van der Waals surface area contributed by atoms with Crippen LogP contribution >= 0.6 is 11.8 Å². The maximum atomic E-state index is 12.7. The molecule has 9 heteroatoms. The molecular weight excluding hydrogens is 408 g/mol. The SMILES string of the molecule is CS(=O)(=O)N1CCN(C(=O)CSc2nc3c(n2-c2ccccc2)CCCC3)CC1. The molecule has 1 aliphatic heterocycles. The summed E-state index contributed by atoms with van der Waals surface area (Å²) in [5.41, 5.74) is 3.50. The molecule has 1 aromatic carbocycles. The van der Waals surface area contributed by atoms with Crippen LogP contribution in [0.15, 0.2) is 35.5 Å². The van der Waals surface area contributed by atoms with E-state index < -0.39 is 10.0 Å². The Hall–Kier alpha value is -1.84. The second-order valence-electron chi connectivity index (χ2n) is 7.50. The van der Waals surface area contributed by atoms with Crippen LogP contribution in [0.25, 0.3) is 5.69 Å². The van der Waals surface area contributed by atoms with E-state index in [4.69, 9.17) is 4.98 Å². The molecule has 1 aromatic heterocycles. The lowest BCUT2D eigenvalue weighted by atomic mass is 10.0. The molecule has 1 fully saturated rings. The minimum atomic E-state index is -3.19. The zero-order chi connectivity index (χ0) is 20.4. The average Bonchev–Trinajstić information content (AvgIpc) is 3.10. The first-order valence-corrected chi connectivity index (χ1v) is 12.8. The van der Waals surface area contributed by atoms with E-state index in [1.807, 2.05) is 18.2 Å². The van der Waals surface area contributed by atoms with E-state index in [1.54, 1.807) is 4.90 Å².